The van der Waals surface area contributed by atoms with Gasteiger partial charge in [-0.05, 0) is 36.8 Å². The fourth-order valence-corrected chi connectivity index (χ4v) is 10.1. The molecule has 60 heavy (non-hydrogen) atoms. The van der Waals surface area contributed by atoms with Crippen LogP contribution in [0.5, 0.6) is 0 Å². The number of hydroxylamine groups is 2. The third-order valence-corrected chi connectivity index (χ3v) is 13.1. The minimum Gasteiger partial charge on any atom is -0.458 e. The molecule has 5 heterocycles. The first kappa shape index (κ1) is 45.0. The van der Waals surface area contributed by atoms with Gasteiger partial charge in [-0.15, -0.1) is 0 Å². The van der Waals surface area contributed by atoms with Gasteiger partial charge < -0.3 is 59.4 Å². The quantitative estimate of drug-likeness (QED) is 0.0846. The second-order valence-electron chi connectivity index (χ2n) is 17.0. The molecule has 1 aromatic carbocycles. The summed E-state index contributed by atoms with van der Waals surface area (Å²) < 4.78 is 31.3. The molecule has 17 nitrogen and oxygen atoms in total. The van der Waals surface area contributed by atoms with E-state index in [9.17, 15) is 35.1 Å². The number of amides is 2. The van der Waals surface area contributed by atoms with E-state index in [1.807, 2.05) is 24.3 Å². The van der Waals surface area contributed by atoms with Crippen LogP contribution in [0.15, 0.2) is 30.3 Å². The van der Waals surface area contributed by atoms with Crippen molar-refractivity contribution in [2.75, 3.05) is 32.9 Å². The van der Waals surface area contributed by atoms with Gasteiger partial charge >= 0.3 is 5.97 Å². The topological polar surface area (TPSA) is 226 Å². The van der Waals surface area contributed by atoms with Crippen molar-refractivity contribution in [2.24, 2.45) is 5.41 Å². The van der Waals surface area contributed by atoms with E-state index in [-0.39, 0.29) is 44.5 Å². The summed E-state index contributed by atoms with van der Waals surface area (Å²) in [6.45, 7) is 3.85. The van der Waals surface area contributed by atoms with Gasteiger partial charge in [-0.2, -0.15) is 5.06 Å². The van der Waals surface area contributed by atoms with Crippen LogP contribution in [0.4, 0.5) is 0 Å². The highest BCUT2D eigenvalue weighted by atomic mass is 16.8. The van der Waals surface area contributed by atoms with Crippen molar-refractivity contribution in [1.82, 2.24) is 15.3 Å². The third-order valence-electron chi connectivity index (χ3n) is 13.1. The van der Waals surface area contributed by atoms with Gasteiger partial charge in [-0.1, -0.05) is 75.9 Å². The second kappa shape index (κ2) is 19.5. The number of carbonyl (C=O) groups excluding carboxylic acids is 3. The van der Waals surface area contributed by atoms with Crippen LogP contribution in [0.1, 0.15) is 95.6 Å². The molecular formula is C43H63N3O14. The number of carbonyl (C=O) groups is 3. The van der Waals surface area contributed by atoms with E-state index < -0.39 is 91.0 Å². The maximum absolute atomic E-state index is 15.4. The molecule has 6 N–H and O–H groups in total. The summed E-state index contributed by atoms with van der Waals surface area (Å²) in [6.07, 6.45) is 1.60. The highest BCUT2D eigenvalue weighted by molar-refractivity contribution is 5.96. The van der Waals surface area contributed by atoms with E-state index in [4.69, 9.17) is 28.5 Å². The Morgan fingerprint density at radius 1 is 0.983 bits per heavy atom. The van der Waals surface area contributed by atoms with Crippen LogP contribution in [0.25, 0.3) is 6.08 Å². The van der Waals surface area contributed by atoms with Crippen molar-refractivity contribution in [3.63, 3.8) is 0 Å². The summed E-state index contributed by atoms with van der Waals surface area (Å²) in [5, 5.41) is 53.9. The number of fused-ring (bicyclic) bond motifs is 4. The first-order valence-corrected chi connectivity index (χ1v) is 21.9. The SMILES string of the molecule is CCCCCC1(CCCCC)O[C@@H]2[C@H](O1)[C@H]1ON(Cc3ccccc3C=CCO[C@H]3O[C@H](CO)[C@H](O)[C@H](O)[C@H]3O)[C@H]3C(=O)O[C@@H]2C[C@@]13C(=O)N1CCC[C@@H]1C(=O)NCCO. The first-order valence-electron chi connectivity index (χ1n) is 21.9. The number of aliphatic hydroxyl groups excluding tert-OH is 5. The molecule has 5 aliphatic heterocycles. The minimum absolute atomic E-state index is 0.0554. The molecule has 0 radical (unpaired) electrons. The number of benzene rings is 1. The van der Waals surface area contributed by atoms with Crippen LogP contribution >= 0.6 is 0 Å². The number of esters is 1. The van der Waals surface area contributed by atoms with Crippen LogP contribution in [0, 0.1) is 5.41 Å². The molecule has 1 aromatic rings. The molecule has 7 rings (SSSR count). The molecule has 0 spiro atoms. The minimum atomic E-state index is -1.57. The van der Waals surface area contributed by atoms with Crippen LogP contribution < -0.4 is 5.32 Å². The zero-order valence-corrected chi connectivity index (χ0v) is 34.6. The van der Waals surface area contributed by atoms with Gasteiger partial charge in [0.05, 0.1) is 26.4 Å². The maximum Gasteiger partial charge on any atom is 0.327 e. The third kappa shape index (κ3) is 8.65. The standard InChI is InChI=1S/C43H63N3O14/c1-3-5-9-17-42(18-10-6-4-2)58-34-29-23-43(41(54)45-20-11-16-28(45)38(52)44-19-21-47)36(39(53)56-29)46(60-37(43)35(34)59-42)24-27-14-8-7-13-26(27)15-12-22-55-40-33(51)32(50)31(49)30(25-48)57-40/h7-8,12-15,28-37,40,47-51H,3-6,9-11,16-25H2,1-2H3,(H,44,52)/t28-,29-,30-,31+,32+,33-,34+,35+,36+,37-,40+,43+/m1/s1. The zero-order valence-electron chi connectivity index (χ0n) is 34.6. The lowest BCUT2D eigenvalue weighted by Gasteiger charge is -2.50. The molecule has 334 valence electrons. The summed E-state index contributed by atoms with van der Waals surface area (Å²) in [5.41, 5.74) is 0.0195. The summed E-state index contributed by atoms with van der Waals surface area (Å²) in [5.74, 6) is -2.27. The summed E-state index contributed by atoms with van der Waals surface area (Å²) in [7, 11) is 0. The van der Waals surface area contributed by atoms with E-state index >= 15 is 4.79 Å². The van der Waals surface area contributed by atoms with Crippen molar-refractivity contribution in [3.8, 4) is 0 Å². The Labute approximate surface area is 350 Å². The Hall–Kier alpha value is -3.07. The zero-order chi connectivity index (χ0) is 42.6. The number of hydrogen-bond donors (Lipinski definition) is 6. The summed E-state index contributed by atoms with van der Waals surface area (Å²) >= 11 is 0. The normalized spacial score (nSPS) is 35.8. The van der Waals surface area contributed by atoms with Crippen molar-refractivity contribution in [3.05, 3.63) is 41.5 Å². The number of ether oxygens (including phenoxy) is 5. The molecule has 6 fully saturated rings. The van der Waals surface area contributed by atoms with Gasteiger partial charge in [0.25, 0.3) is 0 Å². The van der Waals surface area contributed by atoms with Gasteiger partial charge in [0, 0.05) is 32.4 Å². The summed E-state index contributed by atoms with van der Waals surface area (Å²) in [6, 6.07) is 5.49. The number of aliphatic hydroxyl groups is 5. The van der Waals surface area contributed by atoms with Crippen molar-refractivity contribution >= 4 is 23.9 Å². The Bertz CT molecular complexity index is 1670. The lowest BCUT2D eigenvalue weighted by molar-refractivity contribution is -0.298. The molecule has 6 aliphatic rings. The molecule has 1 aliphatic carbocycles. The highest BCUT2D eigenvalue weighted by Gasteiger charge is 2.77. The lowest BCUT2D eigenvalue weighted by Crippen LogP contribution is -2.70. The fourth-order valence-electron chi connectivity index (χ4n) is 10.1. The molecule has 0 aromatic heterocycles. The van der Waals surface area contributed by atoms with E-state index in [1.165, 1.54) is 5.06 Å². The average molecular weight is 846 g/mol. The van der Waals surface area contributed by atoms with Crippen LogP contribution in [-0.4, -0.2) is 159 Å². The van der Waals surface area contributed by atoms with Crippen molar-refractivity contribution < 1.29 is 68.4 Å². The molecule has 5 saturated heterocycles. The predicted molar refractivity (Wildman–Crippen MR) is 212 cm³/mol. The van der Waals surface area contributed by atoms with Gasteiger partial charge in [0.2, 0.25) is 11.8 Å². The number of nitrogens with one attached hydrogen (secondary N) is 1. The van der Waals surface area contributed by atoms with Gasteiger partial charge in [-0.3, -0.25) is 19.2 Å². The molecule has 2 bridgehead atoms. The molecule has 1 saturated carbocycles. The average Bonchev–Trinajstić information content (AvgIpc) is 3.98. The van der Waals surface area contributed by atoms with E-state index in [2.05, 4.69) is 19.2 Å². The van der Waals surface area contributed by atoms with E-state index in [0.717, 1.165) is 49.7 Å². The number of nitrogens with zero attached hydrogens (tertiary/aromatic N) is 2. The highest BCUT2D eigenvalue weighted by Crippen LogP contribution is 2.59. The Morgan fingerprint density at radius 2 is 1.72 bits per heavy atom. The number of likely N-dealkylation sites (tertiary alicyclic amines) is 1. The second-order valence-corrected chi connectivity index (χ2v) is 17.0. The monoisotopic (exact) mass is 845 g/mol. The van der Waals surface area contributed by atoms with E-state index in [1.54, 1.807) is 17.1 Å². The largest absolute Gasteiger partial charge is 0.458 e. The summed E-state index contributed by atoms with van der Waals surface area (Å²) in [4.78, 5) is 51.6. The molecule has 2 amide bonds. The number of hydrogen-bond acceptors (Lipinski definition) is 15. The van der Waals surface area contributed by atoms with Crippen LogP contribution in [-0.2, 0) is 49.5 Å². The molecule has 12 atom stereocenters. The molecule has 0 unspecified atom stereocenters. The van der Waals surface area contributed by atoms with Gasteiger partial charge in [0.1, 0.15) is 60.3 Å². The van der Waals surface area contributed by atoms with Gasteiger partial charge in [-0.25, -0.2) is 0 Å². The van der Waals surface area contributed by atoms with Crippen LogP contribution in [0.3, 0.4) is 0 Å². The smallest absolute Gasteiger partial charge is 0.327 e. The molecular weight excluding hydrogens is 782 g/mol. The first-order chi connectivity index (χ1) is 29.0. The Morgan fingerprint density at radius 3 is 2.43 bits per heavy atom. The fraction of sp³-hybridized carbons (Fsp3) is 0.744. The Kier molecular flexibility index (Phi) is 14.6. The maximum atomic E-state index is 15.4. The van der Waals surface area contributed by atoms with Crippen molar-refractivity contribution in [1.29, 1.82) is 0 Å². The number of rotatable bonds is 19. The lowest BCUT2D eigenvalue weighted by atomic mass is 9.62. The van der Waals surface area contributed by atoms with Gasteiger partial charge in [0.15, 0.2) is 18.1 Å². The molecule has 17 heteroatoms. The number of unbranched alkanes of at least 4 members (excludes halogenated alkanes) is 4. The van der Waals surface area contributed by atoms with Crippen molar-refractivity contribution in [2.45, 2.75) is 164 Å². The Balaban J connectivity index is 1.18. The van der Waals surface area contributed by atoms with E-state index in [0.29, 0.717) is 32.2 Å². The van der Waals surface area contributed by atoms with Crippen LogP contribution in [0.2, 0.25) is 0 Å². The predicted octanol–water partition coefficient (Wildman–Crippen LogP) is 1.06.